The van der Waals surface area contributed by atoms with Crippen LogP contribution >= 0.6 is 0 Å². The number of carbonyl (C=O) groups is 1. The van der Waals surface area contributed by atoms with E-state index in [1.54, 1.807) is 13.2 Å². The number of aliphatic hydroxyl groups excluding tert-OH is 1. The molecule has 1 N–H and O–H groups in total. The monoisotopic (exact) mass is 436 g/mol. The van der Waals surface area contributed by atoms with Gasteiger partial charge in [-0.1, -0.05) is 0 Å². The molecule has 0 heterocycles. The van der Waals surface area contributed by atoms with Crippen LogP contribution in [0.5, 0.6) is 5.75 Å². The molecular weight excluding hydrogens is 407 g/mol. The Morgan fingerprint density at radius 3 is 2.33 bits per heavy atom. The zero-order valence-corrected chi connectivity index (χ0v) is 18.2. The zero-order chi connectivity index (χ0) is 20.0. The van der Waals surface area contributed by atoms with Crippen molar-refractivity contribution < 1.29 is 19.4 Å². The van der Waals surface area contributed by atoms with E-state index >= 15 is 0 Å². The standard InChI is InChI=1S/C22H28O4Se/c1-15(27-18-12-7-6-8-13-18)19(21(24)26-22(2,3)4)20(23)16-10-9-11-17(14-16)25-5/h6-15,19-20,23H,1-5H3/t15-,19+,20+/m1/s1. The van der Waals surface area contributed by atoms with Crippen molar-refractivity contribution in [3.05, 3.63) is 60.2 Å². The van der Waals surface area contributed by atoms with Crippen LogP contribution in [-0.2, 0) is 9.53 Å². The molecule has 0 aliphatic heterocycles. The fraction of sp³-hybridized carbons (Fsp3) is 0.409. The summed E-state index contributed by atoms with van der Waals surface area (Å²) in [7, 11) is 1.58. The van der Waals surface area contributed by atoms with Gasteiger partial charge in [0, 0.05) is 0 Å². The number of aliphatic hydroxyl groups is 1. The third kappa shape index (κ3) is 6.39. The minimum atomic E-state index is -0.962. The molecule has 0 spiro atoms. The molecule has 2 aromatic rings. The van der Waals surface area contributed by atoms with Gasteiger partial charge in [-0.25, -0.2) is 0 Å². The van der Waals surface area contributed by atoms with Gasteiger partial charge in [-0.3, -0.25) is 0 Å². The molecule has 0 aliphatic rings. The van der Waals surface area contributed by atoms with Crippen molar-refractivity contribution in [2.24, 2.45) is 5.92 Å². The molecule has 5 heteroatoms. The second kappa shape index (κ2) is 9.41. The maximum atomic E-state index is 13.0. The van der Waals surface area contributed by atoms with E-state index in [-0.39, 0.29) is 25.7 Å². The Morgan fingerprint density at radius 1 is 1.07 bits per heavy atom. The molecule has 2 aromatic carbocycles. The zero-order valence-electron chi connectivity index (χ0n) is 16.5. The summed E-state index contributed by atoms with van der Waals surface area (Å²) in [5.74, 6) is -0.379. The number of hydrogen-bond acceptors (Lipinski definition) is 4. The number of hydrogen-bond donors (Lipinski definition) is 1. The summed E-state index contributed by atoms with van der Waals surface area (Å²) >= 11 is 0.0165. The molecule has 0 saturated heterocycles. The molecule has 0 radical (unpaired) electrons. The van der Waals surface area contributed by atoms with E-state index in [9.17, 15) is 9.90 Å². The van der Waals surface area contributed by atoms with E-state index < -0.39 is 17.6 Å². The Labute approximate surface area is 168 Å². The van der Waals surface area contributed by atoms with Crippen LogP contribution in [0.1, 0.15) is 39.4 Å². The molecule has 0 saturated carbocycles. The van der Waals surface area contributed by atoms with Crippen molar-refractivity contribution in [1.82, 2.24) is 0 Å². The fourth-order valence-electron chi connectivity index (χ4n) is 2.77. The minimum absolute atomic E-state index is 0.0165. The van der Waals surface area contributed by atoms with Crippen molar-refractivity contribution >= 4 is 25.4 Å². The van der Waals surface area contributed by atoms with Crippen LogP contribution in [0.2, 0.25) is 4.82 Å². The van der Waals surface area contributed by atoms with Gasteiger partial charge in [0.15, 0.2) is 0 Å². The molecule has 0 unspecified atom stereocenters. The molecular formula is C22H28O4Se. The summed E-state index contributed by atoms with van der Waals surface area (Å²) in [4.78, 5) is 12.9. The fourth-order valence-corrected chi connectivity index (χ4v) is 5.18. The van der Waals surface area contributed by atoms with Gasteiger partial charge in [-0.05, 0) is 0 Å². The first-order valence-corrected chi connectivity index (χ1v) is 10.8. The quantitative estimate of drug-likeness (QED) is 0.534. The van der Waals surface area contributed by atoms with E-state index in [0.717, 1.165) is 0 Å². The van der Waals surface area contributed by atoms with E-state index in [1.165, 1.54) is 4.46 Å². The van der Waals surface area contributed by atoms with Crippen molar-refractivity contribution in [2.75, 3.05) is 7.11 Å². The predicted octanol–water partition coefficient (Wildman–Crippen LogP) is 3.52. The van der Waals surface area contributed by atoms with Gasteiger partial charge in [0.25, 0.3) is 0 Å². The van der Waals surface area contributed by atoms with Crippen LogP contribution in [0, 0.1) is 5.92 Å². The van der Waals surface area contributed by atoms with Crippen LogP contribution in [0.15, 0.2) is 54.6 Å². The summed E-state index contributed by atoms with van der Waals surface area (Å²) in [6.07, 6.45) is -0.962. The van der Waals surface area contributed by atoms with Gasteiger partial charge in [0.05, 0.1) is 0 Å². The SMILES string of the molecule is COc1cccc([C@H](O)[C@@H](C(=O)OC(C)(C)C)[C@@H](C)[Se]c2ccccc2)c1. The predicted molar refractivity (Wildman–Crippen MR) is 109 cm³/mol. The number of rotatable bonds is 7. The van der Waals surface area contributed by atoms with Gasteiger partial charge < -0.3 is 0 Å². The average molecular weight is 435 g/mol. The average Bonchev–Trinajstić information content (AvgIpc) is 2.61. The summed E-state index contributed by atoms with van der Waals surface area (Å²) in [5, 5.41) is 11.1. The van der Waals surface area contributed by atoms with Crippen molar-refractivity contribution in [3.63, 3.8) is 0 Å². The molecule has 2 rings (SSSR count). The second-order valence-electron chi connectivity index (χ2n) is 7.42. The molecule has 146 valence electrons. The molecule has 0 aliphatic carbocycles. The molecule has 0 fully saturated rings. The van der Waals surface area contributed by atoms with Crippen LogP contribution in [0.3, 0.4) is 0 Å². The molecule has 3 atom stereocenters. The summed E-state index contributed by atoms with van der Waals surface area (Å²) in [6.45, 7) is 7.53. The van der Waals surface area contributed by atoms with Gasteiger partial charge in [0.2, 0.25) is 0 Å². The third-order valence-electron chi connectivity index (χ3n) is 4.03. The topological polar surface area (TPSA) is 55.8 Å². The molecule has 0 amide bonds. The number of methoxy groups -OCH3 is 1. The Balaban J connectivity index is 2.31. The number of carbonyl (C=O) groups excluding carboxylic acids is 1. The third-order valence-corrected chi connectivity index (χ3v) is 6.56. The van der Waals surface area contributed by atoms with Crippen LogP contribution in [0.4, 0.5) is 0 Å². The first-order chi connectivity index (χ1) is 12.7. The Hall–Kier alpha value is -1.81. The second-order valence-corrected chi connectivity index (χ2v) is 10.5. The molecule has 27 heavy (non-hydrogen) atoms. The number of ether oxygens (including phenoxy) is 2. The van der Waals surface area contributed by atoms with Crippen molar-refractivity contribution in [1.29, 1.82) is 0 Å². The Morgan fingerprint density at radius 2 is 1.74 bits per heavy atom. The summed E-state index contributed by atoms with van der Waals surface area (Å²) < 4.78 is 12.1. The van der Waals surface area contributed by atoms with Crippen LogP contribution < -0.4 is 9.20 Å². The Kier molecular flexibility index (Phi) is 7.49. The van der Waals surface area contributed by atoms with Gasteiger partial charge in [-0.2, -0.15) is 0 Å². The van der Waals surface area contributed by atoms with Crippen molar-refractivity contribution in [2.45, 2.75) is 44.2 Å². The van der Waals surface area contributed by atoms with E-state index in [2.05, 4.69) is 12.1 Å². The first kappa shape index (κ1) is 21.5. The van der Waals surface area contributed by atoms with Gasteiger partial charge in [-0.15, -0.1) is 0 Å². The molecule has 0 aromatic heterocycles. The number of benzene rings is 2. The van der Waals surface area contributed by atoms with E-state index in [1.807, 2.05) is 64.1 Å². The van der Waals surface area contributed by atoms with Crippen LogP contribution in [-0.4, -0.2) is 38.7 Å². The first-order valence-electron chi connectivity index (χ1n) is 8.98. The maximum absolute atomic E-state index is 13.0. The summed E-state index contributed by atoms with van der Waals surface area (Å²) in [6, 6.07) is 17.3. The van der Waals surface area contributed by atoms with Gasteiger partial charge >= 0.3 is 168 Å². The molecule has 4 nitrogen and oxygen atoms in total. The van der Waals surface area contributed by atoms with Gasteiger partial charge in [0.1, 0.15) is 0 Å². The molecule has 0 bridgehead atoms. The van der Waals surface area contributed by atoms with E-state index in [0.29, 0.717) is 11.3 Å². The normalized spacial score (nSPS) is 14.9. The van der Waals surface area contributed by atoms with Crippen molar-refractivity contribution in [3.8, 4) is 5.75 Å². The Bertz CT molecular complexity index is 739. The summed E-state index contributed by atoms with van der Waals surface area (Å²) in [5.41, 5.74) is 0.0454. The van der Waals surface area contributed by atoms with Crippen LogP contribution in [0.25, 0.3) is 0 Å². The van der Waals surface area contributed by atoms with E-state index in [4.69, 9.17) is 9.47 Å². The number of esters is 1.